The van der Waals surface area contributed by atoms with Crippen LogP contribution < -0.4 is 26.7 Å². The fraction of sp³-hybridized carbons (Fsp3) is 0.500. The molecular formula is C28H42N6O6. The number of rotatable bonds is 13. The summed E-state index contributed by atoms with van der Waals surface area (Å²) in [6.45, 7) is 13.2. The van der Waals surface area contributed by atoms with E-state index in [-0.39, 0.29) is 25.4 Å². The van der Waals surface area contributed by atoms with Crippen LogP contribution in [0, 0.1) is 11.3 Å². The number of amidine groups is 1. The molecule has 2 amide bonds. The van der Waals surface area contributed by atoms with Gasteiger partial charge in [0.05, 0.1) is 26.5 Å². The summed E-state index contributed by atoms with van der Waals surface area (Å²) in [6.07, 6.45) is 4.23. The van der Waals surface area contributed by atoms with Gasteiger partial charge in [0.2, 0.25) is 5.91 Å². The van der Waals surface area contributed by atoms with Gasteiger partial charge in [-0.2, -0.15) is 0 Å². The number of ether oxygens (including phenoxy) is 3. The smallest absolute Gasteiger partial charge is 0.407 e. The third-order valence-electron chi connectivity index (χ3n) is 6.47. The molecule has 220 valence electrons. The summed E-state index contributed by atoms with van der Waals surface area (Å²) >= 11 is 0. The summed E-state index contributed by atoms with van der Waals surface area (Å²) in [7, 11) is 2.83. The number of anilines is 1. The van der Waals surface area contributed by atoms with E-state index >= 15 is 0 Å². The molecule has 1 aliphatic heterocycles. The lowest BCUT2D eigenvalue weighted by molar-refractivity contribution is -0.152. The van der Waals surface area contributed by atoms with Gasteiger partial charge in [0.1, 0.15) is 23.7 Å². The molecule has 0 radical (unpaired) electrons. The number of likely N-dealkylation sites (tertiary alicyclic amines) is 1. The number of hydrazine groups is 1. The molecular weight excluding hydrogens is 516 g/mol. The molecule has 40 heavy (non-hydrogen) atoms. The van der Waals surface area contributed by atoms with E-state index in [9.17, 15) is 14.4 Å². The van der Waals surface area contributed by atoms with Crippen LogP contribution in [0.2, 0.25) is 0 Å². The number of hydrogen-bond acceptors (Lipinski definition) is 9. The van der Waals surface area contributed by atoms with Crippen molar-refractivity contribution in [3.63, 3.8) is 0 Å². The van der Waals surface area contributed by atoms with E-state index < -0.39 is 41.4 Å². The summed E-state index contributed by atoms with van der Waals surface area (Å²) in [5.74, 6) is -0.589. The van der Waals surface area contributed by atoms with E-state index in [4.69, 9.17) is 19.9 Å². The Morgan fingerprint density at radius 1 is 1.25 bits per heavy atom. The van der Waals surface area contributed by atoms with Crippen molar-refractivity contribution in [3.05, 3.63) is 43.0 Å². The molecule has 0 saturated carbocycles. The first kappa shape index (κ1) is 32.0. The highest BCUT2D eigenvalue weighted by atomic mass is 16.5. The highest BCUT2D eigenvalue weighted by molar-refractivity contribution is 5.93. The van der Waals surface area contributed by atoms with E-state index in [2.05, 4.69) is 34.5 Å². The van der Waals surface area contributed by atoms with E-state index in [1.807, 2.05) is 26.8 Å². The van der Waals surface area contributed by atoms with Crippen LogP contribution in [0.25, 0.3) is 6.08 Å². The van der Waals surface area contributed by atoms with Crippen molar-refractivity contribution in [3.8, 4) is 5.75 Å². The number of amides is 2. The third-order valence-corrected chi connectivity index (χ3v) is 6.47. The van der Waals surface area contributed by atoms with Crippen LogP contribution in [0.1, 0.15) is 45.6 Å². The van der Waals surface area contributed by atoms with Crippen LogP contribution in [-0.4, -0.2) is 68.2 Å². The van der Waals surface area contributed by atoms with Gasteiger partial charge in [0, 0.05) is 18.0 Å². The van der Waals surface area contributed by atoms with Gasteiger partial charge in [-0.25, -0.2) is 15.1 Å². The molecule has 3 atom stereocenters. The number of allylic oxidation sites excluding steroid dienone is 1. The zero-order valence-corrected chi connectivity index (χ0v) is 24.0. The summed E-state index contributed by atoms with van der Waals surface area (Å²) in [4.78, 5) is 40.2. The number of nitrogens with one attached hydrogen (secondary N) is 3. The molecule has 1 aromatic carbocycles. The number of hydrogen-bond donors (Lipinski definition) is 4. The quantitative estimate of drug-likeness (QED) is 0.0713. The van der Waals surface area contributed by atoms with Crippen molar-refractivity contribution < 1.29 is 28.6 Å². The maximum Gasteiger partial charge on any atom is 0.407 e. The second kappa shape index (κ2) is 14.8. The Labute approximate surface area is 235 Å². The lowest BCUT2D eigenvalue weighted by Gasteiger charge is -2.34. The Hall–Kier alpha value is -4.22. The predicted octanol–water partition coefficient (Wildman–Crippen LogP) is 3.02. The molecule has 1 saturated heterocycles. The number of nitrogens with zero attached hydrogens (tertiary/aromatic N) is 2. The molecule has 0 spiro atoms. The van der Waals surface area contributed by atoms with Crippen molar-refractivity contribution >= 4 is 35.6 Å². The van der Waals surface area contributed by atoms with Crippen LogP contribution in [0.15, 0.2) is 42.5 Å². The van der Waals surface area contributed by atoms with Gasteiger partial charge in [-0.1, -0.05) is 39.5 Å². The number of benzene rings is 1. The van der Waals surface area contributed by atoms with Crippen molar-refractivity contribution in [1.29, 1.82) is 0 Å². The van der Waals surface area contributed by atoms with E-state index in [1.54, 1.807) is 31.4 Å². The molecule has 1 aliphatic rings. The number of methoxy groups -OCH3 is 2. The van der Waals surface area contributed by atoms with Gasteiger partial charge in [-0.05, 0) is 42.9 Å². The topological polar surface area (TPSA) is 157 Å². The number of nitrogens with two attached hydrogens (primary N) is 1. The first-order valence-electron chi connectivity index (χ1n) is 13.0. The molecule has 0 aromatic heterocycles. The fourth-order valence-corrected chi connectivity index (χ4v) is 4.24. The SMILES string of the molecule is C=CCCCOC(=O)N[C@H](C(=O)N1C[C@H](/C(N)=N/NNc2ccc(OC)c(C=C)c2)C[C@H]1C(=O)OC)C(C)(C)C. The monoisotopic (exact) mass is 558 g/mol. The number of esters is 1. The summed E-state index contributed by atoms with van der Waals surface area (Å²) < 4.78 is 15.5. The third kappa shape index (κ3) is 8.65. The minimum atomic E-state index is -0.961. The summed E-state index contributed by atoms with van der Waals surface area (Å²) in [5, 5.41) is 6.87. The lowest BCUT2D eigenvalue weighted by atomic mass is 9.85. The van der Waals surface area contributed by atoms with Gasteiger partial charge in [0.15, 0.2) is 0 Å². The maximum atomic E-state index is 13.7. The zero-order valence-electron chi connectivity index (χ0n) is 24.0. The molecule has 2 rings (SSSR count). The number of carbonyl (C=O) groups excluding carboxylic acids is 3. The molecule has 1 fully saturated rings. The molecule has 0 aliphatic carbocycles. The highest BCUT2D eigenvalue weighted by Gasteiger charge is 2.46. The predicted molar refractivity (Wildman–Crippen MR) is 154 cm³/mol. The lowest BCUT2D eigenvalue weighted by Crippen LogP contribution is -2.57. The molecule has 12 heteroatoms. The van der Waals surface area contributed by atoms with E-state index in [1.165, 1.54) is 12.0 Å². The van der Waals surface area contributed by atoms with Crippen molar-refractivity contribution in [1.82, 2.24) is 15.8 Å². The highest BCUT2D eigenvalue weighted by Crippen LogP contribution is 2.29. The summed E-state index contributed by atoms with van der Waals surface area (Å²) in [5.41, 5.74) is 12.7. The second-order valence-electron chi connectivity index (χ2n) is 10.4. The zero-order chi connectivity index (χ0) is 29.9. The van der Waals surface area contributed by atoms with Crippen LogP contribution in [0.3, 0.4) is 0 Å². The van der Waals surface area contributed by atoms with Gasteiger partial charge in [-0.3, -0.25) is 10.2 Å². The first-order valence-corrected chi connectivity index (χ1v) is 13.0. The number of alkyl carbamates (subject to hydrolysis) is 1. The van der Waals surface area contributed by atoms with Gasteiger partial charge in [0.25, 0.3) is 0 Å². The van der Waals surface area contributed by atoms with Crippen molar-refractivity contribution in [2.24, 2.45) is 22.2 Å². The Kier molecular flexibility index (Phi) is 11.8. The number of unbranched alkanes of at least 4 members (excludes halogenated alkanes) is 1. The fourth-order valence-electron chi connectivity index (χ4n) is 4.24. The standard InChI is InChI=1S/C28H42N6O6/c1-8-10-11-14-40-27(37)30-23(28(3,4)5)25(35)34-17-19(16-21(34)26(36)39-7)24(29)32-33-31-20-12-13-22(38-6)18(9-2)15-20/h8-9,12-13,15,19,21,23,31,33H,1-2,10-11,14,16-17H2,3-7H3,(H2,29,32)(H,30,37)/t19-,21+,23-/m1/s1. The van der Waals surface area contributed by atoms with E-state index in [0.717, 1.165) is 5.56 Å². The Morgan fingerprint density at radius 3 is 2.58 bits per heavy atom. The Morgan fingerprint density at radius 2 is 1.98 bits per heavy atom. The first-order chi connectivity index (χ1) is 19.0. The molecule has 0 bridgehead atoms. The number of hydrazone groups is 1. The molecule has 5 N–H and O–H groups in total. The molecule has 1 heterocycles. The Balaban J connectivity index is 2.15. The van der Waals surface area contributed by atoms with Crippen LogP contribution in [0.5, 0.6) is 5.75 Å². The molecule has 1 aromatic rings. The summed E-state index contributed by atoms with van der Waals surface area (Å²) in [6, 6.07) is 3.54. The molecule has 0 unspecified atom stereocenters. The van der Waals surface area contributed by atoms with Crippen LogP contribution in [-0.2, 0) is 19.1 Å². The van der Waals surface area contributed by atoms with Crippen LogP contribution in [0.4, 0.5) is 10.5 Å². The van der Waals surface area contributed by atoms with Crippen LogP contribution >= 0.6 is 0 Å². The maximum absolute atomic E-state index is 13.7. The van der Waals surface area contributed by atoms with Crippen molar-refractivity contribution in [2.75, 3.05) is 32.8 Å². The van der Waals surface area contributed by atoms with Gasteiger partial charge in [-0.15, -0.1) is 11.7 Å². The Bertz CT molecular complexity index is 1100. The van der Waals surface area contributed by atoms with Crippen molar-refractivity contribution in [2.45, 2.75) is 52.1 Å². The minimum Gasteiger partial charge on any atom is -0.496 e. The second-order valence-corrected chi connectivity index (χ2v) is 10.4. The molecule has 12 nitrogen and oxygen atoms in total. The average molecular weight is 559 g/mol. The van der Waals surface area contributed by atoms with Gasteiger partial charge >= 0.3 is 12.1 Å². The number of carbonyl (C=O) groups is 3. The average Bonchev–Trinajstić information content (AvgIpc) is 3.38. The largest absolute Gasteiger partial charge is 0.496 e. The van der Waals surface area contributed by atoms with E-state index in [0.29, 0.717) is 24.3 Å². The van der Waals surface area contributed by atoms with Gasteiger partial charge < -0.3 is 30.2 Å². The minimum absolute atomic E-state index is 0.113. The normalized spacial score (nSPS) is 17.8.